The standard InChI is InChI=1S/C17H20N5O11P/c23-3-8-12(26)14(28)17(32-8)22-5-21-9-15(19-4-20-16(9)22)18-2-6-1-7(33-34(29,30)31)11(25)13(27)10(6)24/h1,4-5,8,12,14,17,23-28H,2-3H2,(H,18,19,20)(H2,29,30,31)/t8-,12-,14-,17-/m1/s1. The Balaban J connectivity index is 1.62. The van der Waals surface area contributed by atoms with Crippen molar-refractivity contribution in [2.24, 2.45) is 0 Å². The molecule has 4 rings (SSSR count). The number of nitrogens with one attached hydrogen (secondary N) is 1. The van der Waals surface area contributed by atoms with Gasteiger partial charge in [-0.1, -0.05) is 0 Å². The monoisotopic (exact) mass is 501 g/mol. The fourth-order valence-corrected chi connectivity index (χ4v) is 3.86. The molecule has 0 spiro atoms. The number of nitrogens with zero attached hydrogens (tertiary/aromatic N) is 4. The number of rotatable bonds is 7. The summed E-state index contributed by atoms with van der Waals surface area (Å²) in [6.45, 7) is -0.788. The Morgan fingerprint density at radius 1 is 1.09 bits per heavy atom. The molecule has 16 nitrogen and oxygen atoms in total. The molecule has 34 heavy (non-hydrogen) atoms. The lowest BCUT2D eigenvalue weighted by atomic mass is 10.1. The molecule has 1 aromatic carbocycles. The number of imidazole rings is 1. The Bertz CT molecular complexity index is 1260. The number of phenols is 3. The van der Waals surface area contributed by atoms with Gasteiger partial charge in [-0.3, -0.25) is 14.4 Å². The first-order valence-electron chi connectivity index (χ1n) is 9.57. The maximum absolute atomic E-state index is 11.1. The number of phosphoric ester groups is 1. The average Bonchev–Trinajstić information content (AvgIpc) is 3.33. The molecule has 3 aromatic rings. The van der Waals surface area contributed by atoms with E-state index in [4.69, 9.17) is 14.5 Å². The van der Waals surface area contributed by atoms with E-state index in [2.05, 4.69) is 24.8 Å². The van der Waals surface area contributed by atoms with E-state index in [9.17, 15) is 35.2 Å². The van der Waals surface area contributed by atoms with Crippen molar-refractivity contribution in [3.63, 3.8) is 0 Å². The third-order valence-electron chi connectivity index (χ3n) is 5.11. The Kier molecular flexibility index (Phi) is 6.22. The van der Waals surface area contributed by atoms with Crippen molar-refractivity contribution in [1.29, 1.82) is 0 Å². The van der Waals surface area contributed by atoms with Crippen molar-refractivity contribution in [2.45, 2.75) is 31.1 Å². The Morgan fingerprint density at radius 3 is 2.47 bits per heavy atom. The van der Waals surface area contributed by atoms with E-state index in [1.54, 1.807) is 0 Å². The number of anilines is 1. The summed E-state index contributed by atoms with van der Waals surface area (Å²) >= 11 is 0. The molecule has 1 fully saturated rings. The normalized spacial score (nSPS) is 22.9. The molecule has 4 atom stereocenters. The van der Waals surface area contributed by atoms with E-state index >= 15 is 0 Å². The van der Waals surface area contributed by atoms with Crippen molar-refractivity contribution in [1.82, 2.24) is 19.5 Å². The predicted octanol–water partition coefficient (Wildman–Crippen LogP) is -1.36. The first kappa shape index (κ1) is 23.9. The maximum atomic E-state index is 11.1. The van der Waals surface area contributed by atoms with Crippen LogP contribution >= 0.6 is 7.82 Å². The number of hydrogen-bond acceptors (Lipinski definition) is 13. The third-order valence-corrected chi connectivity index (χ3v) is 5.54. The van der Waals surface area contributed by atoms with Gasteiger partial charge in [0.05, 0.1) is 12.9 Å². The molecule has 184 valence electrons. The smallest absolute Gasteiger partial charge is 0.504 e. The number of phenolic OH excluding ortho intramolecular Hbond substituents is 3. The van der Waals surface area contributed by atoms with Crippen molar-refractivity contribution >= 4 is 24.8 Å². The molecule has 0 bridgehead atoms. The van der Waals surface area contributed by atoms with Gasteiger partial charge in [-0.05, 0) is 6.07 Å². The zero-order chi connectivity index (χ0) is 24.8. The van der Waals surface area contributed by atoms with Crippen LogP contribution in [0, 0.1) is 0 Å². The lowest BCUT2D eigenvalue weighted by molar-refractivity contribution is -0.0511. The second-order valence-electron chi connectivity index (χ2n) is 7.29. The molecule has 3 heterocycles. The second kappa shape index (κ2) is 8.84. The van der Waals surface area contributed by atoms with Gasteiger partial charge in [0.15, 0.2) is 34.7 Å². The highest BCUT2D eigenvalue weighted by molar-refractivity contribution is 7.46. The minimum atomic E-state index is -5.08. The topological polar surface area (TPSA) is 253 Å². The molecule has 1 aliphatic heterocycles. The molecule has 1 saturated heterocycles. The van der Waals surface area contributed by atoms with E-state index in [0.29, 0.717) is 0 Å². The number of ether oxygens (including phenoxy) is 1. The number of fused-ring (bicyclic) bond motifs is 1. The first-order chi connectivity index (χ1) is 16.0. The van der Waals surface area contributed by atoms with E-state index in [1.165, 1.54) is 10.9 Å². The van der Waals surface area contributed by atoms with Gasteiger partial charge in [0.2, 0.25) is 11.5 Å². The number of phosphoric acid groups is 1. The van der Waals surface area contributed by atoms with Gasteiger partial charge in [-0.2, -0.15) is 0 Å². The number of aromatic hydroxyl groups is 3. The summed E-state index contributed by atoms with van der Waals surface area (Å²) in [6.07, 6.45) is -2.37. The molecular weight excluding hydrogens is 481 g/mol. The Morgan fingerprint density at radius 2 is 1.82 bits per heavy atom. The van der Waals surface area contributed by atoms with Crippen molar-refractivity contribution in [2.75, 3.05) is 11.9 Å². The van der Waals surface area contributed by atoms with Crippen molar-refractivity contribution in [3.05, 3.63) is 24.3 Å². The fraction of sp³-hybridized carbons (Fsp3) is 0.353. The van der Waals surface area contributed by atoms with E-state index in [0.717, 1.165) is 12.4 Å². The van der Waals surface area contributed by atoms with Gasteiger partial charge in [0, 0.05) is 12.1 Å². The molecule has 17 heteroatoms. The van der Waals surface area contributed by atoms with Crippen LogP contribution in [0.2, 0.25) is 0 Å². The molecule has 0 saturated carbocycles. The predicted molar refractivity (Wildman–Crippen MR) is 110 cm³/mol. The Hall–Kier alpha value is -3.24. The summed E-state index contributed by atoms with van der Waals surface area (Å²) in [4.78, 5) is 30.2. The highest BCUT2D eigenvalue weighted by Crippen LogP contribution is 2.49. The van der Waals surface area contributed by atoms with Crippen LogP contribution in [-0.2, 0) is 15.8 Å². The minimum Gasteiger partial charge on any atom is -0.504 e. The fourth-order valence-electron chi connectivity index (χ4n) is 3.46. The van der Waals surface area contributed by atoms with E-state index in [-0.39, 0.29) is 29.1 Å². The van der Waals surface area contributed by atoms with Gasteiger partial charge in [-0.25, -0.2) is 19.5 Å². The van der Waals surface area contributed by atoms with Gasteiger partial charge in [-0.15, -0.1) is 0 Å². The second-order valence-corrected chi connectivity index (χ2v) is 8.45. The van der Waals surface area contributed by atoms with Gasteiger partial charge in [0.1, 0.15) is 24.6 Å². The summed E-state index contributed by atoms with van der Waals surface area (Å²) in [7, 11) is -5.08. The van der Waals surface area contributed by atoms with Crippen LogP contribution in [-0.4, -0.2) is 84.9 Å². The molecule has 1 aliphatic rings. The zero-order valence-corrected chi connectivity index (χ0v) is 17.9. The average molecular weight is 501 g/mol. The summed E-state index contributed by atoms with van der Waals surface area (Å²) < 4.78 is 22.2. The summed E-state index contributed by atoms with van der Waals surface area (Å²) in [5, 5.41) is 62.1. The first-order valence-corrected chi connectivity index (χ1v) is 11.1. The van der Waals surface area contributed by atoms with Crippen molar-refractivity contribution < 1.29 is 54.3 Å². The third kappa shape index (κ3) is 4.30. The molecular formula is C17H20N5O11P. The van der Waals surface area contributed by atoms with E-state index < -0.39 is 62.0 Å². The minimum absolute atomic E-state index is 0.117. The van der Waals surface area contributed by atoms with Crippen LogP contribution in [0.25, 0.3) is 11.2 Å². The maximum Gasteiger partial charge on any atom is 0.524 e. The van der Waals surface area contributed by atoms with Crippen LogP contribution in [0.4, 0.5) is 5.82 Å². The van der Waals surface area contributed by atoms with Crippen LogP contribution in [0.5, 0.6) is 23.0 Å². The van der Waals surface area contributed by atoms with Crippen LogP contribution in [0.3, 0.4) is 0 Å². The molecule has 9 N–H and O–H groups in total. The van der Waals surface area contributed by atoms with Gasteiger partial charge < -0.3 is 45.2 Å². The molecule has 2 aromatic heterocycles. The van der Waals surface area contributed by atoms with Crippen LogP contribution in [0.15, 0.2) is 18.7 Å². The van der Waals surface area contributed by atoms with E-state index in [1.807, 2.05) is 0 Å². The number of benzene rings is 1. The van der Waals surface area contributed by atoms with Gasteiger partial charge >= 0.3 is 7.82 Å². The lowest BCUT2D eigenvalue weighted by Crippen LogP contribution is -2.33. The number of aliphatic hydroxyl groups excluding tert-OH is 3. The lowest BCUT2D eigenvalue weighted by Gasteiger charge is -2.16. The highest BCUT2D eigenvalue weighted by atomic mass is 31.2. The largest absolute Gasteiger partial charge is 0.524 e. The molecule has 0 unspecified atom stereocenters. The molecule has 0 radical (unpaired) electrons. The SMILES string of the molecule is O=P(O)(O)Oc1cc(CNc2ncnc3c2ncn3[C@@H]2O[C@H](CO)[C@@H](O)[C@H]2O)c(O)c(O)c1O. The number of hydrogen-bond donors (Lipinski definition) is 9. The number of aliphatic hydroxyl groups is 3. The van der Waals surface area contributed by atoms with Crippen LogP contribution in [0.1, 0.15) is 11.8 Å². The Labute approximate surface area is 189 Å². The summed E-state index contributed by atoms with van der Waals surface area (Å²) in [5.41, 5.74) is 0.262. The summed E-state index contributed by atoms with van der Waals surface area (Å²) in [6, 6.07) is 0.909. The highest BCUT2D eigenvalue weighted by Gasteiger charge is 2.44. The van der Waals surface area contributed by atoms with Gasteiger partial charge in [0.25, 0.3) is 0 Å². The quantitative estimate of drug-likeness (QED) is 0.134. The van der Waals surface area contributed by atoms with Crippen LogP contribution < -0.4 is 9.84 Å². The number of aromatic nitrogens is 4. The summed E-state index contributed by atoms with van der Waals surface area (Å²) in [5.74, 6) is -3.53. The molecule has 0 amide bonds. The van der Waals surface area contributed by atoms with Crippen molar-refractivity contribution in [3.8, 4) is 23.0 Å². The molecule has 0 aliphatic carbocycles. The zero-order valence-electron chi connectivity index (χ0n) is 17.0.